The van der Waals surface area contributed by atoms with Gasteiger partial charge in [0.2, 0.25) is 11.8 Å². The summed E-state index contributed by atoms with van der Waals surface area (Å²) >= 11 is 3.39. The van der Waals surface area contributed by atoms with Gasteiger partial charge in [-0.25, -0.2) is 4.98 Å². The van der Waals surface area contributed by atoms with Crippen molar-refractivity contribution in [2.24, 2.45) is 0 Å². The number of aromatic nitrogens is 2. The molecule has 0 spiro atoms. The summed E-state index contributed by atoms with van der Waals surface area (Å²) in [6, 6.07) is 0.706. The van der Waals surface area contributed by atoms with E-state index in [1.807, 2.05) is 0 Å². The fraction of sp³-hybridized carbons (Fsp3) is 0.692. The van der Waals surface area contributed by atoms with Crippen LogP contribution in [0.25, 0.3) is 0 Å². The van der Waals surface area contributed by atoms with Crippen LogP contribution in [-0.4, -0.2) is 67.3 Å². The fourth-order valence-electron chi connectivity index (χ4n) is 2.88. The Bertz CT molecular complexity index is 458. The molecule has 0 saturated carbocycles. The lowest BCUT2D eigenvalue weighted by molar-refractivity contribution is 0.195. The summed E-state index contributed by atoms with van der Waals surface area (Å²) in [7, 11) is 1.63. The first-order valence-corrected chi connectivity index (χ1v) is 7.83. The highest BCUT2D eigenvalue weighted by Gasteiger charge is 2.27. The van der Waals surface area contributed by atoms with Gasteiger partial charge in [0, 0.05) is 38.8 Å². The van der Waals surface area contributed by atoms with E-state index in [-0.39, 0.29) is 0 Å². The summed E-state index contributed by atoms with van der Waals surface area (Å²) in [5, 5.41) is 3.43. The highest BCUT2D eigenvalue weighted by Crippen LogP contribution is 2.24. The third-order valence-corrected chi connectivity index (χ3v) is 4.58. The normalized spacial score (nSPS) is 24.1. The standard InChI is InChI=1S/C13H20BrN5O/c1-20-12-11(14)9-16-13(17-12)19-6-4-18(5-7-19)10-2-3-15-8-10/h9-10,15H,2-8H2,1H3. The lowest BCUT2D eigenvalue weighted by Crippen LogP contribution is -2.51. The van der Waals surface area contributed by atoms with E-state index >= 15 is 0 Å². The Morgan fingerprint density at radius 2 is 2.15 bits per heavy atom. The third-order valence-electron chi connectivity index (χ3n) is 4.04. The molecule has 1 aromatic rings. The van der Waals surface area contributed by atoms with Crippen LogP contribution in [0.15, 0.2) is 10.7 Å². The SMILES string of the molecule is COc1nc(N2CCN(C3CCNC3)CC2)ncc1Br. The van der Waals surface area contributed by atoms with E-state index in [4.69, 9.17) is 4.74 Å². The summed E-state index contributed by atoms with van der Waals surface area (Å²) in [6.45, 7) is 6.38. The second kappa shape index (κ2) is 6.24. The summed E-state index contributed by atoms with van der Waals surface area (Å²) < 4.78 is 6.03. The molecule has 2 aliphatic rings. The van der Waals surface area contributed by atoms with Crippen LogP contribution in [0.2, 0.25) is 0 Å². The lowest BCUT2D eigenvalue weighted by atomic mass is 10.2. The molecule has 0 bridgehead atoms. The number of nitrogens with one attached hydrogen (secondary N) is 1. The molecule has 110 valence electrons. The molecule has 2 aliphatic heterocycles. The number of nitrogens with zero attached hydrogens (tertiary/aromatic N) is 4. The highest BCUT2D eigenvalue weighted by molar-refractivity contribution is 9.10. The lowest BCUT2D eigenvalue weighted by Gasteiger charge is -2.37. The van der Waals surface area contributed by atoms with Gasteiger partial charge >= 0.3 is 0 Å². The molecule has 3 heterocycles. The number of anilines is 1. The molecule has 0 aromatic carbocycles. The summed E-state index contributed by atoms with van der Waals surface area (Å²) in [5.74, 6) is 1.35. The number of rotatable bonds is 3. The van der Waals surface area contributed by atoms with Crippen LogP contribution in [0.3, 0.4) is 0 Å². The first kappa shape index (κ1) is 14.0. The number of methoxy groups -OCH3 is 1. The number of piperazine rings is 1. The van der Waals surface area contributed by atoms with E-state index in [1.54, 1.807) is 13.3 Å². The zero-order chi connectivity index (χ0) is 13.9. The maximum atomic E-state index is 5.24. The maximum Gasteiger partial charge on any atom is 0.232 e. The monoisotopic (exact) mass is 341 g/mol. The van der Waals surface area contributed by atoms with Gasteiger partial charge in [0.15, 0.2) is 0 Å². The van der Waals surface area contributed by atoms with E-state index < -0.39 is 0 Å². The highest BCUT2D eigenvalue weighted by atomic mass is 79.9. The molecule has 0 radical (unpaired) electrons. The Balaban J connectivity index is 1.62. The van der Waals surface area contributed by atoms with Crippen molar-refractivity contribution in [2.75, 3.05) is 51.3 Å². The minimum Gasteiger partial charge on any atom is -0.480 e. The molecule has 1 unspecified atom stereocenters. The molecule has 0 aliphatic carbocycles. The minimum atomic E-state index is 0.595. The van der Waals surface area contributed by atoms with Crippen molar-refractivity contribution in [3.63, 3.8) is 0 Å². The zero-order valence-electron chi connectivity index (χ0n) is 11.7. The van der Waals surface area contributed by atoms with Gasteiger partial charge in [-0.3, -0.25) is 4.90 Å². The second-order valence-electron chi connectivity index (χ2n) is 5.20. The molecule has 1 N–H and O–H groups in total. The molecule has 20 heavy (non-hydrogen) atoms. The van der Waals surface area contributed by atoms with Gasteiger partial charge in [0.25, 0.3) is 0 Å². The van der Waals surface area contributed by atoms with Crippen LogP contribution in [-0.2, 0) is 0 Å². The van der Waals surface area contributed by atoms with Crippen molar-refractivity contribution >= 4 is 21.9 Å². The first-order valence-electron chi connectivity index (χ1n) is 7.04. The molecule has 6 nitrogen and oxygen atoms in total. The molecular weight excluding hydrogens is 322 g/mol. The van der Waals surface area contributed by atoms with Crippen molar-refractivity contribution in [1.29, 1.82) is 0 Å². The number of hydrogen-bond acceptors (Lipinski definition) is 6. The molecule has 0 amide bonds. The van der Waals surface area contributed by atoms with Gasteiger partial charge < -0.3 is 15.0 Å². The van der Waals surface area contributed by atoms with Gasteiger partial charge in [0.05, 0.1) is 17.8 Å². The van der Waals surface area contributed by atoms with Gasteiger partial charge in [0.1, 0.15) is 0 Å². The molecule has 7 heteroatoms. The van der Waals surface area contributed by atoms with E-state index in [0.717, 1.165) is 49.7 Å². The average molecular weight is 342 g/mol. The van der Waals surface area contributed by atoms with Crippen LogP contribution in [0, 0.1) is 0 Å². The van der Waals surface area contributed by atoms with Crippen LogP contribution < -0.4 is 15.0 Å². The van der Waals surface area contributed by atoms with Crippen LogP contribution >= 0.6 is 15.9 Å². The molecule has 3 rings (SSSR count). The Morgan fingerprint density at radius 1 is 1.35 bits per heavy atom. The largest absolute Gasteiger partial charge is 0.480 e. The summed E-state index contributed by atoms with van der Waals surface area (Å²) in [4.78, 5) is 13.6. The van der Waals surface area contributed by atoms with Crippen molar-refractivity contribution in [1.82, 2.24) is 20.2 Å². The second-order valence-corrected chi connectivity index (χ2v) is 6.05. The Kier molecular flexibility index (Phi) is 4.38. The van der Waals surface area contributed by atoms with E-state index in [9.17, 15) is 0 Å². The Labute approximate surface area is 127 Å². The quantitative estimate of drug-likeness (QED) is 0.874. The van der Waals surface area contributed by atoms with Crippen LogP contribution in [0.1, 0.15) is 6.42 Å². The smallest absolute Gasteiger partial charge is 0.232 e. The van der Waals surface area contributed by atoms with Gasteiger partial charge in [-0.15, -0.1) is 0 Å². The van der Waals surface area contributed by atoms with Gasteiger partial charge in [-0.05, 0) is 28.9 Å². The van der Waals surface area contributed by atoms with Gasteiger partial charge in [-0.2, -0.15) is 4.98 Å². The predicted octanol–water partition coefficient (Wildman–Crippen LogP) is 0.732. The van der Waals surface area contributed by atoms with E-state index in [0.29, 0.717) is 11.9 Å². The van der Waals surface area contributed by atoms with Crippen molar-refractivity contribution in [3.8, 4) is 5.88 Å². The maximum absolute atomic E-state index is 5.24. The Morgan fingerprint density at radius 3 is 2.80 bits per heavy atom. The van der Waals surface area contributed by atoms with Crippen LogP contribution in [0.5, 0.6) is 5.88 Å². The fourth-order valence-corrected chi connectivity index (χ4v) is 3.23. The van der Waals surface area contributed by atoms with Crippen molar-refractivity contribution < 1.29 is 4.74 Å². The minimum absolute atomic E-state index is 0.595. The predicted molar refractivity (Wildman–Crippen MR) is 81.3 cm³/mol. The van der Waals surface area contributed by atoms with E-state index in [1.165, 1.54) is 6.42 Å². The summed E-state index contributed by atoms with van der Waals surface area (Å²) in [6.07, 6.45) is 3.02. The van der Waals surface area contributed by atoms with Crippen LogP contribution in [0.4, 0.5) is 5.95 Å². The number of halogens is 1. The van der Waals surface area contributed by atoms with Gasteiger partial charge in [-0.1, -0.05) is 0 Å². The topological polar surface area (TPSA) is 53.5 Å². The first-order chi connectivity index (χ1) is 9.78. The number of ether oxygens (including phenoxy) is 1. The van der Waals surface area contributed by atoms with Crippen molar-refractivity contribution in [2.45, 2.75) is 12.5 Å². The summed E-state index contributed by atoms with van der Waals surface area (Å²) in [5.41, 5.74) is 0. The molecule has 1 atom stereocenters. The molecule has 2 fully saturated rings. The molecule has 2 saturated heterocycles. The number of hydrogen-bond donors (Lipinski definition) is 1. The molecule has 1 aromatic heterocycles. The van der Waals surface area contributed by atoms with Crippen molar-refractivity contribution in [3.05, 3.63) is 10.7 Å². The van der Waals surface area contributed by atoms with E-state index in [2.05, 4.69) is 41.0 Å². The zero-order valence-corrected chi connectivity index (χ0v) is 13.3. The Hall–Kier alpha value is -0.920. The average Bonchev–Trinajstić information content (AvgIpc) is 3.02. The molecular formula is C13H20BrN5O. The third kappa shape index (κ3) is 2.89.